The molecule has 5 heteroatoms. The van der Waals surface area contributed by atoms with Crippen LogP contribution < -0.4 is 11.1 Å². The molecule has 1 aliphatic rings. The van der Waals surface area contributed by atoms with E-state index in [4.69, 9.17) is 5.73 Å². The second kappa shape index (κ2) is 6.70. The Morgan fingerprint density at radius 3 is 3.00 bits per heavy atom. The Bertz CT molecular complexity index is 478. The van der Waals surface area contributed by atoms with E-state index < -0.39 is 5.82 Å². The van der Waals surface area contributed by atoms with Gasteiger partial charge in [0.2, 0.25) is 5.91 Å². The van der Waals surface area contributed by atoms with Gasteiger partial charge < -0.3 is 11.1 Å². The fourth-order valence-electron chi connectivity index (χ4n) is 2.51. The molecule has 1 atom stereocenters. The summed E-state index contributed by atoms with van der Waals surface area (Å²) in [5, 5.41) is 2.76. The van der Waals surface area contributed by atoms with Crippen LogP contribution in [0.15, 0.2) is 18.2 Å². The molecule has 0 radical (unpaired) electrons. The van der Waals surface area contributed by atoms with E-state index in [0.29, 0.717) is 12.2 Å². The second-order valence-electron chi connectivity index (χ2n) is 5.60. The number of hydrogen-bond donors (Lipinski definition) is 2. The number of benzene rings is 1. The minimum Gasteiger partial charge on any atom is -0.396 e. The van der Waals surface area contributed by atoms with E-state index in [2.05, 4.69) is 17.1 Å². The highest BCUT2D eigenvalue weighted by atomic mass is 19.1. The largest absolute Gasteiger partial charge is 0.396 e. The summed E-state index contributed by atoms with van der Waals surface area (Å²) in [5.74, 6) is 0.190. The minimum atomic E-state index is -0.468. The number of amides is 1. The highest BCUT2D eigenvalue weighted by Crippen LogP contribution is 2.18. The van der Waals surface area contributed by atoms with Gasteiger partial charge in [-0.2, -0.15) is 0 Å². The standard InChI is InChI=1S/C15H22FN3O/c1-11-3-2-7-19(8-6-11)10-15(20)18-12-4-5-13(16)14(17)9-12/h4-5,9,11H,2-3,6-8,10,17H2,1H3,(H,18,20). The van der Waals surface area contributed by atoms with Crippen LogP contribution in [-0.2, 0) is 4.79 Å². The van der Waals surface area contributed by atoms with Gasteiger partial charge >= 0.3 is 0 Å². The van der Waals surface area contributed by atoms with Crippen molar-refractivity contribution in [3.8, 4) is 0 Å². The van der Waals surface area contributed by atoms with Crippen molar-refractivity contribution < 1.29 is 9.18 Å². The topological polar surface area (TPSA) is 58.4 Å². The summed E-state index contributed by atoms with van der Waals surface area (Å²) < 4.78 is 13.0. The Hall–Kier alpha value is -1.62. The molecule has 1 aliphatic heterocycles. The molecule has 1 saturated heterocycles. The Morgan fingerprint density at radius 1 is 1.45 bits per heavy atom. The molecule has 1 fully saturated rings. The molecule has 0 aromatic heterocycles. The molecule has 1 amide bonds. The Kier molecular flexibility index (Phi) is 4.95. The molecule has 0 saturated carbocycles. The predicted molar refractivity (Wildman–Crippen MR) is 78.9 cm³/mol. The van der Waals surface area contributed by atoms with Crippen molar-refractivity contribution in [1.82, 2.24) is 4.90 Å². The number of carbonyl (C=O) groups is 1. The van der Waals surface area contributed by atoms with Gasteiger partial charge in [0.25, 0.3) is 0 Å². The van der Waals surface area contributed by atoms with Gasteiger partial charge in [0.15, 0.2) is 0 Å². The van der Waals surface area contributed by atoms with E-state index in [1.807, 2.05) is 0 Å². The highest BCUT2D eigenvalue weighted by Gasteiger charge is 2.16. The van der Waals surface area contributed by atoms with Crippen LogP contribution >= 0.6 is 0 Å². The molecule has 0 aliphatic carbocycles. The highest BCUT2D eigenvalue weighted by molar-refractivity contribution is 5.92. The SMILES string of the molecule is CC1CCCN(CC(=O)Nc2ccc(F)c(N)c2)CC1. The van der Waals surface area contributed by atoms with Crippen molar-refractivity contribution in [3.05, 3.63) is 24.0 Å². The molecule has 0 bridgehead atoms. The van der Waals surface area contributed by atoms with Crippen LogP contribution in [0, 0.1) is 11.7 Å². The van der Waals surface area contributed by atoms with Crippen molar-refractivity contribution in [1.29, 1.82) is 0 Å². The van der Waals surface area contributed by atoms with Crippen LogP contribution in [0.1, 0.15) is 26.2 Å². The summed E-state index contributed by atoms with van der Waals surface area (Å²) in [7, 11) is 0. The third-order valence-corrected chi connectivity index (χ3v) is 3.76. The molecule has 1 aromatic rings. The van der Waals surface area contributed by atoms with E-state index in [0.717, 1.165) is 31.8 Å². The van der Waals surface area contributed by atoms with Crippen LogP contribution in [0.25, 0.3) is 0 Å². The molecular formula is C15H22FN3O. The van der Waals surface area contributed by atoms with Crippen LogP contribution in [0.5, 0.6) is 0 Å². The molecule has 1 heterocycles. The van der Waals surface area contributed by atoms with Gasteiger partial charge in [0.1, 0.15) is 5.82 Å². The summed E-state index contributed by atoms with van der Waals surface area (Å²) in [6, 6.07) is 4.23. The molecule has 3 N–H and O–H groups in total. The molecule has 20 heavy (non-hydrogen) atoms. The van der Waals surface area contributed by atoms with Crippen molar-refractivity contribution >= 4 is 17.3 Å². The zero-order chi connectivity index (χ0) is 14.5. The maximum atomic E-state index is 13.0. The summed E-state index contributed by atoms with van der Waals surface area (Å²) in [4.78, 5) is 14.2. The Labute approximate surface area is 119 Å². The van der Waals surface area contributed by atoms with Gasteiger partial charge in [0.05, 0.1) is 12.2 Å². The number of anilines is 2. The second-order valence-corrected chi connectivity index (χ2v) is 5.60. The number of halogens is 1. The van der Waals surface area contributed by atoms with Gasteiger partial charge in [-0.1, -0.05) is 6.92 Å². The summed E-state index contributed by atoms with van der Waals surface area (Å²) in [6.07, 6.45) is 3.50. The maximum Gasteiger partial charge on any atom is 0.238 e. The van der Waals surface area contributed by atoms with Gasteiger partial charge in [-0.3, -0.25) is 9.69 Å². The van der Waals surface area contributed by atoms with E-state index in [-0.39, 0.29) is 11.6 Å². The number of nitrogen functional groups attached to an aromatic ring is 1. The van der Waals surface area contributed by atoms with E-state index in [1.54, 1.807) is 0 Å². The number of hydrogen-bond acceptors (Lipinski definition) is 3. The Morgan fingerprint density at radius 2 is 2.25 bits per heavy atom. The Balaban J connectivity index is 1.87. The molecule has 4 nitrogen and oxygen atoms in total. The first-order chi connectivity index (χ1) is 9.54. The molecule has 0 spiro atoms. The number of nitrogens with two attached hydrogens (primary N) is 1. The fourth-order valence-corrected chi connectivity index (χ4v) is 2.51. The first-order valence-corrected chi connectivity index (χ1v) is 7.12. The van der Waals surface area contributed by atoms with Crippen LogP contribution in [-0.4, -0.2) is 30.4 Å². The lowest BCUT2D eigenvalue weighted by Gasteiger charge is -2.19. The maximum absolute atomic E-state index is 13.0. The number of rotatable bonds is 3. The van der Waals surface area contributed by atoms with Crippen LogP contribution in [0.2, 0.25) is 0 Å². The zero-order valence-corrected chi connectivity index (χ0v) is 11.9. The van der Waals surface area contributed by atoms with E-state index >= 15 is 0 Å². The molecule has 2 rings (SSSR count). The summed E-state index contributed by atoms with van der Waals surface area (Å²) in [5.41, 5.74) is 6.07. The molecule has 1 unspecified atom stereocenters. The first kappa shape index (κ1) is 14.8. The first-order valence-electron chi connectivity index (χ1n) is 7.12. The smallest absolute Gasteiger partial charge is 0.238 e. The lowest BCUT2D eigenvalue weighted by atomic mass is 10.0. The average molecular weight is 279 g/mol. The normalized spacial score (nSPS) is 20.4. The third kappa shape index (κ3) is 4.20. The number of nitrogens with zero attached hydrogens (tertiary/aromatic N) is 1. The molecule has 1 aromatic carbocycles. The van der Waals surface area contributed by atoms with Gasteiger partial charge in [-0.15, -0.1) is 0 Å². The fraction of sp³-hybridized carbons (Fsp3) is 0.533. The number of nitrogens with one attached hydrogen (secondary N) is 1. The van der Waals surface area contributed by atoms with Crippen LogP contribution in [0.4, 0.5) is 15.8 Å². The monoisotopic (exact) mass is 279 g/mol. The van der Waals surface area contributed by atoms with Gasteiger partial charge in [-0.05, 0) is 56.5 Å². The van der Waals surface area contributed by atoms with Crippen molar-refractivity contribution in [2.75, 3.05) is 30.7 Å². The van der Waals surface area contributed by atoms with Crippen molar-refractivity contribution in [2.45, 2.75) is 26.2 Å². The quantitative estimate of drug-likeness (QED) is 0.836. The minimum absolute atomic E-state index is 0.0476. The molecule has 110 valence electrons. The lowest BCUT2D eigenvalue weighted by Crippen LogP contribution is -2.34. The summed E-state index contributed by atoms with van der Waals surface area (Å²) in [6.45, 7) is 4.55. The zero-order valence-electron chi connectivity index (χ0n) is 11.9. The van der Waals surface area contributed by atoms with Crippen molar-refractivity contribution in [2.24, 2.45) is 5.92 Å². The predicted octanol–water partition coefficient (Wildman–Crippen LogP) is 2.47. The van der Waals surface area contributed by atoms with Gasteiger partial charge in [0, 0.05) is 5.69 Å². The third-order valence-electron chi connectivity index (χ3n) is 3.76. The van der Waals surface area contributed by atoms with Crippen LogP contribution in [0.3, 0.4) is 0 Å². The lowest BCUT2D eigenvalue weighted by molar-refractivity contribution is -0.117. The average Bonchev–Trinajstić information content (AvgIpc) is 2.59. The summed E-state index contributed by atoms with van der Waals surface area (Å²) >= 11 is 0. The van der Waals surface area contributed by atoms with Gasteiger partial charge in [-0.25, -0.2) is 4.39 Å². The number of likely N-dealkylation sites (tertiary alicyclic amines) is 1. The van der Waals surface area contributed by atoms with E-state index in [9.17, 15) is 9.18 Å². The van der Waals surface area contributed by atoms with Crippen molar-refractivity contribution in [3.63, 3.8) is 0 Å². The number of carbonyl (C=O) groups excluding carboxylic acids is 1. The molecular weight excluding hydrogens is 257 g/mol. The van der Waals surface area contributed by atoms with E-state index in [1.165, 1.54) is 24.6 Å².